The molecule has 4 saturated carbocycles. The number of likely N-dealkylation sites (tertiary alicyclic amines) is 1. The summed E-state index contributed by atoms with van der Waals surface area (Å²) in [6.07, 6.45) is 12.6. The number of hydrogen-bond donors (Lipinski definition) is 1. The van der Waals surface area contributed by atoms with E-state index in [4.69, 9.17) is 0 Å². The second-order valence-electron chi connectivity index (χ2n) is 11.1. The Morgan fingerprint density at radius 3 is 2.33 bits per heavy atom. The number of aromatic nitrogens is 2. The quantitative estimate of drug-likeness (QED) is 0.741. The molecular weight excluding hydrogens is 412 g/mol. The first-order valence-electron chi connectivity index (χ1n) is 12.7. The molecule has 1 N–H and O–H groups in total. The van der Waals surface area contributed by atoms with Crippen molar-refractivity contribution in [3.8, 4) is 0 Å². The number of nitrogens with zero attached hydrogens (tertiary/aromatic N) is 3. The molecule has 4 bridgehead atoms. The van der Waals surface area contributed by atoms with Crippen LogP contribution >= 0.6 is 0 Å². The van der Waals surface area contributed by atoms with Crippen molar-refractivity contribution in [1.29, 1.82) is 0 Å². The van der Waals surface area contributed by atoms with Crippen molar-refractivity contribution in [2.45, 2.75) is 70.9 Å². The number of amides is 2. The van der Waals surface area contributed by atoms with Gasteiger partial charge in [0.15, 0.2) is 0 Å². The van der Waals surface area contributed by atoms with E-state index in [2.05, 4.69) is 14.9 Å². The number of imidazole rings is 1. The Kier molecular flexibility index (Phi) is 5.07. The summed E-state index contributed by atoms with van der Waals surface area (Å²) in [5, 5.41) is 3.09. The Morgan fingerprint density at radius 2 is 1.73 bits per heavy atom. The molecule has 1 atom stereocenters. The first kappa shape index (κ1) is 20.9. The summed E-state index contributed by atoms with van der Waals surface area (Å²) in [6.45, 7) is 3.48. The van der Waals surface area contributed by atoms with Gasteiger partial charge in [-0.2, -0.15) is 0 Å². The average molecular weight is 447 g/mol. The predicted octanol–water partition coefficient (Wildman–Crippen LogP) is 4.39. The van der Waals surface area contributed by atoms with Crippen molar-refractivity contribution >= 4 is 17.5 Å². The summed E-state index contributed by atoms with van der Waals surface area (Å²) in [6, 6.07) is 7.67. The third-order valence-corrected chi connectivity index (χ3v) is 8.81. The Morgan fingerprint density at radius 1 is 1.06 bits per heavy atom. The van der Waals surface area contributed by atoms with E-state index in [0.29, 0.717) is 0 Å². The number of rotatable bonds is 5. The number of carbonyl (C=O) groups excluding carboxylic acids is 2. The lowest BCUT2D eigenvalue weighted by Gasteiger charge is -2.56. The smallest absolute Gasteiger partial charge is 0.247 e. The minimum atomic E-state index is -0.334. The number of nitrogens with one attached hydrogen (secondary N) is 1. The summed E-state index contributed by atoms with van der Waals surface area (Å²) in [7, 11) is 0. The number of hydrogen-bond acceptors (Lipinski definition) is 3. The molecule has 1 aromatic heterocycles. The maximum Gasteiger partial charge on any atom is 0.247 e. The van der Waals surface area contributed by atoms with Crippen LogP contribution in [-0.2, 0) is 16.1 Å². The molecule has 1 unspecified atom stereocenters. The van der Waals surface area contributed by atoms with Gasteiger partial charge in [-0.15, -0.1) is 0 Å². The summed E-state index contributed by atoms with van der Waals surface area (Å²) in [5.74, 6) is 3.44. The molecule has 4 aliphatic carbocycles. The number of aryl methyl sites for hydroxylation is 1. The van der Waals surface area contributed by atoms with Gasteiger partial charge in [-0.05, 0) is 93.7 Å². The van der Waals surface area contributed by atoms with Crippen LogP contribution in [0.4, 0.5) is 5.69 Å². The lowest BCUT2D eigenvalue weighted by molar-refractivity contribution is -0.160. The fourth-order valence-electron chi connectivity index (χ4n) is 7.65. The van der Waals surface area contributed by atoms with Crippen molar-refractivity contribution in [1.82, 2.24) is 14.5 Å². The fraction of sp³-hybridized carbons (Fsp3) is 0.593. The second-order valence-corrected chi connectivity index (χ2v) is 11.1. The maximum absolute atomic E-state index is 13.8. The summed E-state index contributed by atoms with van der Waals surface area (Å²) >= 11 is 0. The van der Waals surface area contributed by atoms with Crippen LogP contribution in [0.25, 0.3) is 0 Å². The third-order valence-electron chi connectivity index (χ3n) is 8.81. The van der Waals surface area contributed by atoms with Crippen molar-refractivity contribution < 1.29 is 9.59 Å². The minimum absolute atomic E-state index is 0.0382. The first-order chi connectivity index (χ1) is 16.0. The van der Waals surface area contributed by atoms with Crippen LogP contribution in [0.3, 0.4) is 0 Å². The molecule has 33 heavy (non-hydrogen) atoms. The van der Waals surface area contributed by atoms with Crippen molar-refractivity contribution in [3.05, 3.63) is 48.0 Å². The summed E-state index contributed by atoms with van der Waals surface area (Å²) in [4.78, 5) is 33.3. The van der Waals surface area contributed by atoms with Crippen LogP contribution in [0.2, 0.25) is 0 Å². The van der Waals surface area contributed by atoms with E-state index >= 15 is 0 Å². The molecule has 1 aliphatic heterocycles. The SMILES string of the molecule is Cc1nccn1Cc1ccc(NC(=O)C2CCCN2C(=O)C23CC4CC(CC(C4)C2)C3)cc1. The number of carbonyl (C=O) groups is 2. The van der Waals surface area contributed by atoms with Gasteiger partial charge in [0, 0.05) is 31.2 Å². The molecular formula is C27H34N4O2. The third kappa shape index (κ3) is 3.77. The van der Waals surface area contributed by atoms with Gasteiger partial charge in [0.2, 0.25) is 11.8 Å². The van der Waals surface area contributed by atoms with Gasteiger partial charge in [0.25, 0.3) is 0 Å². The molecule has 0 spiro atoms. The van der Waals surface area contributed by atoms with Crippen LogP contribution in [0.5, 0.6) is 0 Å². The van der Waals surface area contributed by atoms with E-state index in [1.54, 1.807) is 0 Å². The van der Waals surface area contributed by atoms with E-state index in [1.807, 2.05) is 48.5 Å². The lowest BCUT2D eigenvalue weighted by atomic mass is 9.49. The number of benzene rings is 1. The van der Waals surface area contributed by atoms with Crippen molar-refractivity contribution in [3.63, 3.8) is 0 Å². The van der Waals surface area contributed by atoms with Crippen molar-refractivity contribution in [2.24, 2.45) is 23.2 Å². The van der Waals surface area contributed by atoms with E-state index < -0.39 is 0 Å². The summed E-state index contributed by atoms with van der Waals surface area (Å²) < 4.78 is 2.10. The van der Waals surface area contributed by atoms with E-state index in [0.717, 1.165) is 80.0 Å². The number of anilines is 1. The molecule has 6 heteroatoms. The molecule has 2 amide bonds. The van der Waals surface area contributed by atoms with Crippen LogP contribution in [0.1, 0.15) is 62.8 Å². The highest BCUT2D eigenvalue weighted by Crippen LogP contribution is 2.60. The van der Waals surface area contributed by atoms with Gasteiger partial charge in [-0.3, -0.25) is 9.59 Å². The monoisotopic (exact) mass is 446 g/mol. The Hall–Kier alpha value is -2.63. The van der Waals surface area contributed by atoms with Gasteiger partial charge < -0.3 is 14.8 Å². The highest BCUT2D eigenvalue weighted by atomic mass is 16.2. The molecule has 0 radical (unpaired) electrons. The molecule has 1 aromatic carbocycles. The fourth-order valence-corrected chi connectivity index (χ4v) is 7.65. The molecule has 6 nitrogen and oxygen atoms in total. The standard InChI is InChI=1S/C27H34N4O2/c1-18-28-8-10-30(18)17-19-4-6-23(7-5-19)29-25(32)24-3-2-9-31(24)26(33)27-14-20-11-21(15-27)13-22(12-20)16-27/h4-8,10,20-22,24H,2-3,9,11-17H2,1H3,(H,29,32). The zero-order chi connectivity index (χ0) is 22.6. The zero-order valence-corrected chi connectivity index (χ0v) is 19.5. The van der Waals surface area contributed by atoms with Gasteiger partial charge in [0.1, 0.15) is 11.9 Å². The highest BCUT2D eigenvalue weighted by molar-refractivity contribution is 5.98. The molecule has 7 rings (SSSR count). The average Bonchev–Trinajstić information content (AvgIpc) is 3.43. The maximum atomic E-state index is 13.8. The van der Waals surface area contributed by atoms with Crippen LogP contribution in [-0.4, -0.2) is 38.9 Å². The van der Waals surface area contributed by atoms with E-state index in [1.165, 1.54) is 19.3 Å². The van der Waals surface area contributed by atoms with Gasteiger partial charge >= 0.3 is 0 Å². The van der Waals surface area contributed by atoms with Gasteiger partial charge in [-0.1, -0.05) is 12.1 Å². The van der Waals surface area contributed by atoms with E-state index in [-0.39, 0.29) is 23.3 Å². The Labute approximate surface area is 195 Å². The molecule has 1 saturated heterocycles. The second kappa shape index (κ2) is 8.00. The Balaban J connectivity index is 1.12. The van der Waals surface area contributed by atoms with E-state index in [9.17, 15) is 9.59 Å². The summed E-state index contributed by atoms with van der Waals surface area (Å²) in [5.41, 5.74) is 1.78. The minimum Gasteiger partial charge on any atom is -0.331 e. The normalized spacial score (nSPS) is 32.3. The Bertz CT molecular complexity index is 1020. The molecule has 5 aliphatic rings. The molecule has 2 heterocycles. The van der Waals surface area contributed by atoms with Crippen LogP contribution in [0.15, 0.2) is 36.7 Å². The molecule has 5 fully saturated rings. The predicted molar refractivity (Wildman–Crippen MR) is 126 cm³/mol. The van der Waals surface area contributed by atoms with Gasteiger partial charge in [0.05, 0.1) is 5.41 Å². The van der Waals surface area contributed by atoms with Crippen LogP contribution < -0.4 is 5.32 Å². The molecule has 2 aromatic rings. The first-order valence-corrected chi connectivity index (χ1v) is 12.7. The van der Waals surface area contributed by atoms with Crippen LogP contribution in [0, 0.1) is 30.1 Å². The van der Waals surface area contributed by atoms with Gasteiger partial charge in [-0.25, -0.2) is 4.98 Å². The lowest BCUT2D eigenvalue weighted by Crippen LogP contribution is -2.56. The van der Waals surface area contributed by atoms with Crippen molar-refractivity contribution in [2.75, 3.05) is 11.9 Å². The largest absolute Gasteiger partial charge is 0.331 e. The zero-order valence-electron chi connectivity index (χ0n) is 19.5. The molecule has 174 valence electrons. The highest BCUT2D eigenvalue weighted by Gasteiger charge is 2.56. The topological polar surface area (TPSA) is 67.2 Å².